The van der Waals surface area contributed by atoms with E-state index in [-0.39, 0.29) is 12.5 Å². The van der Waals surface area contributed by atoms with Crippen LogP contribution in [0.4, 0.5) is 4.79 Å². The van der Waals surface area contributed by atoms with Crippen LogP contribution in [-0.2, 0) is 4.79 Å². The van der Waals surface area contributed by atoms with Crippen molar-refractivity contribution < 1.29 is 14.7 Å². The number of carboxylic acids is 1. The summed E-state index contributed by atoms with van der Waals surface area (Å²) in [6, 6.07) is 0.215. The molecule has 2 aliphatic rings. The maximum Gasteiger partial charge on any atom is 0.317 e. The Labute approximate surface area is 120 Å². The normalized spacial score (nSPS) is 22.4. The minimum atomic E-state index is -0.826. The van der Waals surface area contributed by atoms with Gasteiger partial charge < -0.3 is 15.3 Å². The van der Waals surface area contributed by atoms with E-state index >= 15 is 0 Å². The van der Waals surface area contributed by atoms with Crippen molar-refractivity contribution in [3.8, 4) is 0 Å². The van der Waals surface area contributed by atoms with Crippen LogP contribution in [-0.4, -0.2) is 40.6 Å². The summed E-state index contributed by atoms with van der Waals surface area (Å²) in [5.41, 5.74) is -0.522. The molecule has 0 aromatic rings. The Hall–Kier alpha value is -1.26. The lowest BCUT2D eigenvalue weighted by Crippen LogP contribution is -2.54. The predicted molar refractivity (Wildman–Crippen MR) is 76.6 cm³/mol. The van der Waals surface area contributed by atoms with Gasteiger partial charge in [0, 0.05) is 13.1 Å². The maximum absolute atomic E-state index is 12.4. The molecule has 2 saturated carbocycles. The minimum absolute atomic E-state index is 0.0389. The average molecular weight is 282 g/mol. The fourth-order valence-corrected chi connectivity index (χ4v) is 3.64. The van der Waals surface area contributed by atoms with Gasteiger partial charge >= 0.3 is 12.0 Å². The summed E-state index contributed by atoms with van der Waals surface area (Å²) in [5, 5.41) is 12.1. The first kappa shape index (κ1) is 15.1. The van der Waals surface area contributed by atoms with Crippen LogP contribution in [0.15, 0.2) is 0 Å². The van der Waals surface area contributed by atoms with Gasteiger partial charge in [-0.1, -0.05) is 32.1 Å². The molecule has 2 rings (SSSR count). The van der Waals surface area contributed by atoms with Crippen LogP contribution in [0.1, 0.15) is 64.2 Å². The third-order valence-corrected chi connectivity index (χ3v) is 4.87. The van der Waals surface area contributed by atoms with Gasteiger partial charge in [-0.3, -0.25) is 4.79 Å². The van der Waals surface area contributed by atoms with Crippen molar-refractivity contribution in [2.75, 3.05) is 7.05 Å². The number of carbonyl (C=O) groups excluding carboxylic acids is 1. The first-order chi connectivity index (χ1) is 9.52. The summed E-state index contributed by atoms with van der Waals surface area (Å²) in [6.45, 7) is 0. The standard InChI is InChI=1S/C15H26N2O3/c1-17(12-7-3-2-4-8-12)14(20)16-15(11-13(18)19)9-5-6-10-15/h12H,2-11H2,1H3,(H,16,20)(H,18,19). The van der Waals surface area contributed by atoms with Crippen LogP contribution in [0.25, 0.3) is 0 Å². The molecule has 0 bridgehead atoms. The maximum atomic E-state index is 12.4. The Morgan fingerprint density at radius 1 is 1.15 bits per heavy atom. The van der Waals surface area contributed by atoms with Crippen LogP contribution < -0.4 is 5.32 Å². The molecule has 0 spiro atoms. The molecule has 2 N–H and O–H groups in total. The molecule has 20 heavy (non-hydrogen) atoms. The van der Waals surface area contributed by atoms with Crippen LogP contribution in [0.2, 0.25) is 0 Å². The zero-order valence-corrected chi connectivity index (χ0v) is 12.4. The Morgan fingerprint density at radius 2 is 1.75 bits per heavy atom. The number of amides is 2. The summed E-state index contributed by atoms with van der Waals surface area (Å²) in [7, 11) is 1.84. The van der Waals surface area contributed by atoms with Crippen molar-refractivity contribution in [1.29, 1.82) is 0 Å². The Balaban J connectivity index is 1.95. The lowest BCUT2D eigenvalue weighted by molar-refractivity contribution is -0.138. The zero-order chi connectivity index (χ0) is 14.6. The highest BCUT2D eigenvalue weighted by Gasteiger charge is 2.38. The van der Waals surface area contributed by atoms with E-state index < -0.39 is 11.5 Å². The van der Waals surface area contributed by atoms with Gasteiger partial charge in [-0.15, -0.1) is 0 Å². The van der Waals surface area contributed by atoms with Gasteiger partial charge in [-0.25, -0.2) is 4.79 Å². The number of hydrogen-bond acceptors (Lipinski definition) is 2. The van der Waals surface area contributed by atoms with Gasteiger partial charge in [-0.2, -0.15) is 0 Å². The van der Waals surface area contributed by atoms with Gasteiger partial charge in [0.15, 0.2) is 0 Å². The molecule has 5 nitrogen and oxygen atoms in total. The molecule has 0 aromatic heterocycles. The molecule has 2 fully saturated rings. The van der Waals surface area contributed by atoms with E-state index in [1.807, 2.05) is 7.05 Å². The summed E-state index contributed by atoms with van der Waals surface area (Å²) in [4.78, 5) is 25.2. The fraction of sp³-hybridized carbons (Fsp3) is 0.867. The average Bonchev–Trinajstić information content (AvgIpc) is 2.86. The predicted octanol–water partition coefficient (Wildman–Crippen LogP) is 2.75. The lowest BCUT2D eigenvalue weighted by Gasteiger charge is -2.36. The van der Waals surface area contributed by atoms with Crippen LogP contribution in [0.5, 0.6) is 0 Å². The number of aliphatic carboxylic acids is 1. The largest absolute Gasteiger partial charge is 0.481 e. The van der Waals surface area contributed by atoms with Crippen molar-refractivity contribution in [1.82, 2.24) is 10.2 Å². The molecule has 0 unspecified atom stereocenters. The van der Waals surface area contributed by atoms with Crippen molar-refractivity contribution in [3.63, 3.8) is 0 Å². The van der Waals surface area contributed by atoms with Crippen LogP contribution >= 0.6 is 0 Å². The second-order valence-electron chi connectivity index (χ2n) is 6.39. The first-order valence-corrected chi connectivity index (χ1v) is 7.79. The van der Waals surface area contributed by atoms with Gasteiger partial charge in [0.25, 0.3) is 0 Å². The van der Waals surface area contributed by atoms with E-state index in [2.05, 4.69) is 5.32 Å². The van der Waals surface area contributed by atoms with E-state index in [9.17, 15) is 9.59 Å². The van der Waals surface area contributed by atoms with Gasteiger partial charge in [-0.05, 0) is 25.7 Å². The molecule has 114 valence electrons. The molecule has 0 atom stereocenters. The fourth-order valence-electron chi connectivity index (χ4n) is 3.64. The van der Waals surface area contributed by atoms with E-state index in [0.29, 0.717) is 6.04 Å². The Morgan fingerprint density at radius 3 is 2.30 bits per heavy atom. The SMILES string of the molecule is CN(C(=O)NC1(CC(=O)O)CCCC1)C1CCCCC1. The first-order valence-electron chi connectivity index (χ1n) is 7.79. The molecular formula is C15H26N2O3. The van der Waals surface area contributed by atoms with E-state index in [4.69, 9.17) is 5.11 Å². The van der Waals surface area contributed by atoms with E-state index in [1.165, 1.54) is 19.3 Å². The highest BCUT2D eigenvalue weighted by atomic mass is 16.4. The Bertz CT molecular complexity index is 358. The van der Waals surface area contributed by atoms with E-state index in [0.717, 1.165) is 38.5 Å². The van der Waals surface area contributed by atoms with E-state index in [1.54, 1.807) is 4.90 Å². The number of carbonyl (C=O) groups is 2. The van der Waals surface area contributed by atoms with Gasteiger partial charge in [0.05, 0.1) is 12.0 Å². The molecule has 0 aliphatic heterocycles. The van der Waals surface area contributed by atoms with Crippen molar-refractivity contribution in [2.24, 2.45) is 0 Å². The van der Waals surface area contributed by atoms with Crippen molar-refractivity contribution in [3.05, 3.63) is 0 Å². The molecule has 0 heterocycles. The third-order valence-electron chi connectivity index (χ3n) is 4.87. The highest BCUT2D eigenvalue weighted by molar-refractivity contribution is 5.77. The number of carboxylic acid groups (broad SMARTS) is 1. The Kier molecular flexibility index (Phi) is 4.89. The molecule has 0 radical (unpaired) electrons. The van der Waals surface area contributed by atoms with Crippen LogP contribution in [0, 0.1) is 0 Å². The number of nitrogens with one attached hydrogen (secondary N) is 1. The summed E-state index contributed by atoms with van der Waals surface area (Å²) in [5.74, 6) is -0.826. The molecule has 0 saturated heterocycles. The molecule has 2 aliphatic carbocycles. The number of rotatable bonds is 4. The third kappa shape index (κ3) is 3.64. The highest BCUT2D eigenvalue weighted by Crippen LogP contribution is 2.33. The topological polar surface area (TPSA) is 69.6 Å². The number of nitrogens with zero attached hydrogens (tertiary/aromatic N) is 1. The van der Waals surface area contributed by atoms with Gasteiger partial charge in [0.1, 0.15) is 0 Å². The molecule has 0 aromatic carbocycles. The second kappa shape index (κ2) is 6.46. The second-order valence-corrected chi connectivity index (χ2v) is 6.39. The monoisotopic (exact) mass is 282 g/mol. The zero-order valence-electron chi connectivity index (χ0n) is 12.4. The number of hydrogen-bond donors (Lipinski definition) is 2. The van der Waals surface area contributed by atoms with Gasteiger partial charge in [0.2, 0.25) is 0 Å². The molecule has 2 amide bonds. The quantitative estimate of drug-likeness (QED) is 0.833. The minimum Gasteiger partial charge on any atom is -0.481 e. The number of urea groups is 1. The summed E-state index contributed by atoms with van der Waals surface area (Å²) < 4.78 is 0. The van der Waals surface area contributed by atoms with Crippen LogP contribution in [0.3, 0.4) is 0 Å². The lowest BCUT2D eigenvalue weighted by atomic mass is 9.92. The van der Waals surface area contributed by atoms with Crippen molar-refractivity contribution >= 4 is 12.0 Å². The molecule has 5 heteroatoms. The van der Waals surface area contributed by atoms with Crippen molar-refractivity contribution in [2.45, 2.75) is 75.8 Å². The smallest absolute Gasteiger partial charge is 0.317 e. The molecular weight excluding hydrogens is 256 g/mol. The summed E-state index contributed by atoms with van der Waals surface area (Å²) >= 11 is 0. The summed E-state index contributed by atoms with van der Waals surface area (Å²) in [6.07, 6.45) is 9.36.